The van der Waals surface area contributed by atoms with Crippen LogP contribution >= 0.6 is 0 Å². The number of nitrogens with one attached hydrogen (secondary N) is 1. The van der Waals surface area contributed by atoms with Gasteiger partial charge in [-0.2, -0.15) is 0 Å². The van der Waals surface area contributed by atoms with E-state index in [4.69, 9.17) is 4.74 Å². The first-order valence-corrected chi connectivity index (χ1v) is 9.65. The van der Waals surface area contributed by atoms with Crippen molar-refractivity contribution in [3.63, 3.8) is 0 Å². The molecule has 0 spiro atoms. The van der Waals surface area contributed by atoms with Gasteiger partial charge in [0.2, 0.25) is 10.0 Å². The normalized spacial score (nSPS) is 12.5. The number of nitrogens with zero attached hydrogens (tertiary/aromatic N) is 1. The molecule has 1 atom stereocenters. The summed E-state index contributed by atoms with van der Waals surface area (Å²) in [5.41, 5.74) is 2.43. The van der Waals surface area contributed by atoms with Gasteiger partial charge in [-0.05, 0) is 44.7 Å². The molecule has 0 heterocycles. The Morgan fingerprint density at radius 1 is 1.15 bits per heavy atom. The summed E-state index contributed by atoms with van der Waals surface area (Å²) in [5.74, 6) is -0.0848. The Morgan fingerprint density at radius 2 is 1.77 bits per heavy atom. The number of hydrogen-bond acceptors (Lipinski definition) is 4. The van der Waals surface area contributed by atoms with Crippen LogP contribution in [0.5, 0.6) is 5.75 Å². The fourth-order valence-electron chi connectivity index (χ4n) is 2.58. The van der Waals surface area contributed by atoms with Crippen molar-refractivity contribution >= 4 is 15.9 Å². The third-order valence-corrected chi connectivity index (χ3v) is 5.87. The summed E-state index contributed by atoms with van der Waals surface area (Å²) < 4.78 is 31.8. The van der Waals surface area contributed by atoms with Crippen molar-refractivity contribution < 1.29 is 17.9 Å². The van der Waals surface area contributed by atoms with E-state index in [0.717, 1.165) is 11.1 Å². The highest BCUT2D eigenvalue weighted by Gasteiger charge is 2.23. The summed E-state index contributed by atoms with van der Waals surface area (Å²) >= 11 is 0. The Kier molecular flexibility index (Phi) is 6.05. The van der Waals surface area contributed by atoms with Gasteiger partial charge in [0.05, 0.1) is 13.2 Å². The largest absolute Gasteiger partial charge is 0.495 e. The minimum atomic E-state index is -3.75. The molecule has 0 aliphatic rings. The number of hydrogen-bond donors (Lipinski definition) is 1. The van der Waals surface area contributed by atoms with Crippen molar-refractivity contribution in [3.8, 4) is 5.75 Å². The van der Waals surface area contributed by atoms with E-state index in [1.807, 2.05) is 38.1 Å². The molecule has 0 aromatic heterocycles. The average Bonchev–Trinajstić information content (AvgIpc) is 2.66. The number of sulfonamides is 1. The van der Waals surface area contributed by atoms with Gasteiger partial charge in [0, 0.05) is 12.6 Å². The van der Waals surface area contributed by atoms with Gasteiger partial charge < -0.3 is 9.64 Å². The first-order valence-electron chi connectivity index (χ1n) is 8.16. The van der Waals surface area contributed by atoms with Crippen molar-refractivity contribution in [2.45, 2.75) is 24.8 Å². The number of carbonyl (C=O) groups is 1. The molecule has 1 N–H and O–H groups in total. The lowest BCUT2D eigenvalue weighted by Crippen LogP contribution is -2.30. The predicted octanol–water partition coefficient (Wildman–Crippen LogP) is 2.74. The number of benzene rings is 2. The maximum Gasteiger partial charge on any atom is 0.254 e. The van der Waals surface area contributed by atoms with Gasteiger partial charge in [0.25, 0.3) is 5.91 Å². The molecule has 7 heteroatoms. The lowest BCUT2D eigenvalue weighted by molar-refractivity contribution is 0.0742. The Bertz CT molecular complexity index is 892. The zero-order valence-corrected chi connectivity index (χ0v) is 16.4. The molecule has 0 fully saturated rings. The molecule has 6 nitrogen and oxygen atoms in total. The number of methoxy groups -OCH3 is 1. The van der Waals surface area contributed by atoms with Crippen molar-refractivity contribution in [3.05, 3.63) is 59.2 Å². The number of amides is 1. The van der Waals surface area contributed by atoms with E-state index in [2.05, 4.69) is 4.72 Å². The maximum atomic E-state index is 12.9. The molecular formula is C19H24N2O4S. The van der Waals surface area contributed by atoms with E-state index in [1.54, 1.807) is 18.0 Å². The second-order valence-corrected chi connectivity index (χ2v) is 7.93. The molecule has 0 saturated heterocycles. The lowest BCUT2D eigenvalue weighted by Gasteiger charge is -2.26. The molecular weight excluding hydrogens is 352 g/mol. The first-order chi connectivity index (χ1) is 12.2. The number of rotatable bonds is 6. The molecule has 1 unspecified atom stereocenters. The number of aryl methyl sites for hydroxylation is 1. The summed E-state index contributed by atoms with van der Waals surface area (Å²) in [6, 6.07) is 12.2. The Hall–Kier alpha value is -2.38. The minimum absolute atomic E-state index is 0.0651. The zero-order chi connectivity index (χ0) is 19.5. The van der Waals surface area contributed by atoms with E-state index in [0.29, 0.717) is 0 Å². The summed E-state index contributed by atoms with van der Waals surface area (Å²) in [6.45, 7) is 3.93. The SMILES string of the molecule is CNS(=O)(=O)c1cc(C(=O)N(C)C(C)c2ccc(C)cc2)ccc1OC. The van der Waals surface area contributed by atoms with Crippen LogP contribution in [0.15, 0.2) is 47.4 Å². The molecule has 2 aromatic rings. The van der Waals surface area contributed by atoms with Gasteiger partial charge >= 0.3 is 0 Å². The Labute approximate surface area is 154 Å². The fraction of sp³-hybridized carbons (Fsp3) is 0.316. The molecule has 1 amide bonds. The van der Waals surface area contributed by atoms with Crippen LogP contribution in [0.25, 0.3) is 0 Å². The Morgan fingerprint density at radius 3 is 2.31 bits per heavy atom. The van der Waals surface area contributed by atoms with Crippen molar-refractivity contribution in [1.29, 1.82) is 0 Å². The van der Waals surface area contributed by atoms with Crippen molar-refractivity contribution in [2.24, 2.45) is 0 Å². The summed E-state index contributed by atoms with van der Waals surface area (Å²) in [5, 5.41) is 0. The summed E-state index contributed by atoms with van der Waals surface area (Å²) in [7, 11) is 0.653. The lowest BCUT2D eigenvalue weighted by atomic mass is 10.0. The van der Waals surface area contributed by atoms with E-state index in [9.17, 15) is 13.2 Å². The van der Waals surface area contributed by atoms with E-state index < -0.39 is 10.0 Å². The van der Waals surface area contributed by atoms with E-state index in [-0.39, 0.29) is 28.2 Å². The average molecular weight is 376 g/mol. The highest BCUT2D eigenvalue weighted by atomic mass is 32.2. The predicted molar refractivity (Wildman–Crippen MR) is 101 cm³/mol. The van der Waals surface area contributed by atoms with Gasteiger partial charge in [0.1, 0.15) is 10.6 Å². The quantitative estimate of drug-likeness (QED) is 0.841. The zero-order valence-electron chi connectivity index (χ0n) is 15.6. The highest BCUT2D eigenvalue weighted by molar-refractivity contribution is 7.89. The van der Waals surface area contributed by atoms with Crippen LogP contribution in [0, 0.1) is 6.92 Å². The van der Waals surface area contributed by atoms with Crippen molar-refractivity contribution in [1.82, 2.24) is 9.62 Å². The van der Waals surface area contributed by atoms with Crippen LogP contribution in [0.3, 0.4) is 0 Å². The monoisotopic (exact) mass is 376 g/mol. The number of carbonyl (C=O) groups excluding carboxylic acids is 1. The van der Waals surface area contributed by atoms with Crippen LogP contribution in [0.4, 0.5) is 0 Å². The van der Waals surface area contributed by atoms with Gasteiger partial charge in [-0.3, -0.25) is 4.79 Å². The molecule has 0 aliphatic carbocycles. The fourth-order valence-corrected chi connectivity index (χ4v) is 3.50. The summed E-state index contributed by atoms with van der Waals surface area (Å²) in [4.78, 5) is 14.4. The maximum absolute atomic E-state index is 12.9. The molecule has 0 aliphatic heterocycles. The minimum Gasteiger partial charge on any atom is -0.495 e. The number of ether oxygens (including phenoxy) is 1. The molecule has 26 heavy (non-hydrogen) atoms. The third kappa shape index (κ3) is 4.05. The molecule has 2 rings (SSSR count). The van der Waals surface area contributed by atoms with E-state index >= 15 is 0 Å². The smallest absolute Gasteiger partial charge is 0.254 e. The van der Waals surface area contributed by atoms with Crippen LogP contribution in [-0.2, 0) is 10.0 Å². The van der Waals surface area contributed by atoms with Gasteiger partial charge in [0.15, 0.2) is 0 Å². The van der Waals surface area contributed by atoms with E-state index in [1.165, 1.54) is 26.3 Å². The molecule has 0 bridgehead atoms. The van der Waals surface area contributed by atoms with Crippen LogP contribution < -0.4 is 9.46 Å². The van der Waals surface area contributed by atoms with Gasteiger partial charge in [-0.15, -0.1) is 0 Å². The molecule has 0 radical (unpaired) electrons. The van der Waals surface area contributed by atoms with Gasteiger partial charge in [-0.1, -0.05) is 29.8 Å². The molecule has 2 aromatic carbocycles. The van der Waals surface area contributed by atoms with Crippen molar-refractivity contribution in [2.75, 3.05) is 21.2 Å². The molecule has 140 valence electrons. The first kappa shape index (κ1) is 19.9. The Balaban J connectivity index is 2.36. The van der Waals surface area contributed by atoms with Crippen LogP contribution in [-0.4, -0.2) is 40.4 Å². The van der Waals surface area contributed by atoms with Crippen LogP contribution in [0.1, 0.15) is 34.5 Å². The highest BCUT2D eigenvalue weighted by Crippen LogP contribution is 2.27. The second kappa shape index (κ2) is 7.88. The second-order valence-electron chi connectivity index (χ2n) is 6.08. The third-order valence-electron chi connectivity index (χ3n) is 4.43. The van der Waals surface area contributed by atoms with Gasteiger partial charge in [-0.25, -0.2) is 13.1 Å². The molecule has 0 saturated carbocycles. The topological polar surface area (TPSA) is 75.7 Å². The standard InChI is InChI=1S/C19H24N2O4S/c1-13-6-8-15(9-7-13)14(2)21(4)19(22)16-10-11-17(25-5)18(12-16)26(23,24)20-3/h6-12,14,20H,1-5H3. The summed E-state index contributed by atoms with van der Waals surface area (Å²) in [6.07, 6.45) is 0. The van der Waals surface area contributed by atoms with Crippen LogP contribution in [0.2, 0.25) is 0 Å².